The van der Waals surface area contributed by atoms with E-state index in [1.54, 1.807) is 0 Å². The lowest BCUT2D eigenvalue weighted by atomic mass is 9.87. The standard InChI is InChI=1S/C20H24O2/c1-20(2,3)19(21)14-13-17-11-7-8-12-18(17)22-15-16-9-5-4-6-10-16/h4-12H,13-15H2,1-3H3. The molecule has 2 rings (SSSR count). The Labute approximate surface area is 133 Å². The second kappa shape index (κ2) is 7.26. The van der Waals surface area contributed by atoms with Gasteiger partial charge in [-0.1, -0.05) is 69.3 Å². The van der Waals surface area contributed by atoms with Crippen molar-refractivity contribution in [2.75, 3.05) is 0 Å². The lowest BCUT2D eigenvalue weighted by molar-refractivity contribution is -0.126. The predicted octanol–water partition coefficient (Wildman–Crippen LogP) is 4.81. The number of carbonyl (C=O) groups excluding carboxylic acids is 1. The molecule has 116 valence electrons. The summed E-state index contributed by atoms with van der Waals surface area (Å²) in [6.07, 6.45) is 1.27. The van der Waals surface area contributed by atoms with E-state index in [2.05, 4.69) is 0 Å². The SMILES string of the molecule is CC(C)(C)C(=O)CCc1ccccc1OCc1ccccc1. The van der Waals surface area contributed by atoms with E-state index in [0.717, 1.165) is 23.3 Å². The van der Waals surface area contributed by atoms with Crippen molar-refractivity contribution >= 4 is 5.78 Å². The molecule has 2 heteroatoms. The van der Waals surface area contributed by atoms with Gasteiger partial charge in [-0.15, -0.1) is 0 Å². The molecule has 0 unspecified atom stereocenters. The van der Waals surface area contributed by atoms with Crippen LogP contribution in [0.3, 0.4) is 0 Å². The van der Waals surface area contributed by atoms with E-state index in [9.17, 15) is 4.79 Å². The third-order valence-electron chi connectivity index (χ3n) is 3.67. The van der Waals surface area contributed by atoms with Crippen molar-refractivity contribution in [1.29, 1.82) is 0 Å². The van der Waals surface area contributed by atoms with Crippen LogP contribution in [0.25, 0.3) is 0 Å². The van der Waals surface area contributed by atoms with Crippen molar-refractivity contribution in [3.8, 4) is 5.75 Å². The van der Waals surface area contributed by atoms with Crippen LogP contribution in [-0.2, 0) is 17.8 Å². The third-order valence-corrected chi connectivity index (χ3v) is 3.67. The van der Waals surface area contributed by atoms with E-state index in [0.29, 0.717) is 13.0 Å². The Kier molecular flexibility index (Phi) is 5.37. The molecular weight excluding hydrogens is 272 g/mol. The largest absolute Gasteiger partial charge is 0.489 e. The fraction of sp³-hybridized carbons (Fsp3) is 0.350. The molecule has 2 nitrogen and oxygen atoms in total. The van der Waals surface area contributed by atoms with Crippen LogP contribution in [0, 0.1) is 5.41 Å². The number of Topliss-reactive ketones (excluding diaryl/α,β-unsaturated/α-hetero) is 1. The third kappa shape index (κ3) is 4.73. The summed E-state index contributed by atoms with van der Waals surface area (Å²) in [5.41, 5.74) is 1.96. The highest BCUT2D eigenvalue weighted by atomic mass is 16.5. The van der Waals surface area contributed by atoms with Gasteiger partial charge < -0.3 is 4.74 Å². The quantitative estimate of drug-likeness (QED) is 0.764. The fourth-order valence-electron chi connectivity index (χ4n) is 2.21. The summed E-state index contributed by atoms with van der Waals surface area (Å²) in [6.45, 7) is 6.44. The summed E-state index contributed by atoms with van der Waals surface area (Å²) in [4.78, 5) is 12.1. The Morgan fingerprint density at radius 3 is 2.27 bits per heavy atom. The first-order chi connectivity index (χ1) is 10.5. The highest BCUT2D eigenvalue weighted by Crippen LogP contribution is 2.23. The zero-order valence-electron chi connectivity index (χ0n) is 13.6. The zero-order chi connectivity index (χ0) is 16.0. The van der Waals surface area contributed by atoms with Crippen LogP contribution < -0.4 is 4.74 Å². The summed E-state index contributed by atoms with van der Waals surface area (Å²) in [5.74, 6) is 1.15. The van der Waals surface area contributed by atoms with Gasteiger partial charge in [0.15, 0.2) is 0 Å². The molecule has 2 aromatic carbocycles. The Bertz CT molecular complexity index is 609. The maximum atomic E-state index is 12.1. The molecule has 0 aliphatic carbocycles. The van der Waals surface area contributed by atoms with Crippen LogP contribution in [0.5, 0.6) is 5.75 Å². The molecule has 0 spiro atoms. The van der Waals surface area contributed by atoms with Gasteiger partial charge in [-0.25, -0.2) is 0 Å². The summed E-state index contributed by atoms with van der Waals surface area (Å²) >= 11 is 0. The molecule has 0 N–H and O–H groups in total. The van der Waals surface area contributed by atoms with Crippen LogP contribution in [0.4, 0.5) is 0 Å². The Morgan fingerprint density at radius 1 is 0.955 bits per heavy atom. The minimum Gasteiger partial charge on any atom is -0.489 e. The van der Waals surface area contributed by atoms with Crippen molar-refractivity contribution < 1.29 is 9.53 Å². The van der Waals surface area contributed by atoms with Gasteiger partial charge in [0.05, 0.1) is 0 Å². The predicted molar refractivity (Wildman–Crippen MR) is 90.0 cm³/mol. The number of rotatable bonds is 6. The lowest BCUT2D eigenvalue weighted by Crippen LogP contribution is -2.20. The van der Waals surface area contributed by atoms with Gasteiger partial charge in [-0.3, -0.25) is 4.79 Å². The maximum Gasteiger partial charge on any atom is 0.138 e. The van der Waals surface area contributed by atoms with Crippen molar-refractivity contribution in [3.63, 3.8) is 0 Å². The number of ether oxygens (including phenoxy) is 1. The van der Waals surface area contributed by atoms with Crippen LogP contribution in [-0.4, -0.2) is 5.78 Å². The Hall–Kier alpha value is -2.09. The van der Waals surface area contributed by atoms with E-state index in [4.69, 9.17) is 4.74 Å². The van der Waals surface area contributed by atoms with Crippen LogP contribution in [0.1, 0.15) is 38.3 Å². The highest BCUT2D eigenvalue weighted by Gasteiger charge is 2.20. The molecule has 0 aliphatic heterocycles. The summed E-state index contributed by atoms with van der Waals surface area (Å²) in [5, 5.41) is 0. The first-order valence-corrected chi connectivity index (χ1v) is 7.75. The maximum absolute atomic E-state index is 12.1. The first kappa shape index (κ1) is 16.3. The second-order valence-corrected chi connectivity index (χ2v) is 6.56. The van der Waals surface area contributed by atoms with Gasteiger partial charge >= 0.3 is 0 Å². The van der Waals surface area contributed by atoms with Crippen LogP contribution in [0.15, 0.2) is 54.6 Å². The molecular formula is C20H24O2. The number of hydrogen-bond acceptors (Lipinski definition) is 2. The molecule has 0 radical (unpaired) electrons. The number of ketones is 1. The lowest BCUT2D eigenvalue weighted by Gasteiger charge is -2.17. The van der Waals surface area contributed by atoms with Gasteiger partial charge in [0, 0.05) is 11.8 Å². The van der Waals surface area contributed by atoms with Crippen molar-refractivity contribution in [2.45, 2.75) is 40.2 Å². The van der Waals surface area contributed by atoms with Gasteiger partial charge in [0.1, 0.15) is 18.1 Å². The molecule has 2 aromatic rings. The summed E-state index contributed by atoms with van der Waals surface area (Å²) in [6, 6.07) is 18.1. The number of hydrogen-bond donors (Lipinski definition) is 0. The Balaban J connectivity index is 1.99. The minimum absolute atomic E-state index is 0.278. The average molecular weight is 296 g/mol. The number of aryl methyl sites for hydroxylation is 1. The van der Waals surface area contributed by atoms with E-state index in [1.807, 2.05) is 75.4 Å². The monoisotopic (exact) mass is 296 g/mol. The topological polar surface area (TPSA) is 26.3 Å². The fourth-order valence-corrected chi connectivity index (χ4v) is 2.21. The normalized spacial score (nSPS) is 11.2. The second-order valence-electron chi connectivity index (χ2n) is 6.56. The van der Waals surface area contributed by atoms with Crippen LogP contribution >= 0.6 is 0 Å². The van der Waals surface area contributed by atoms with Gasteiger partial charge in [0.2, 0.25) is 0 Å². The van der Waals surface area contributed by atoms with E-state index in [1.165, 1.54) is 0 Å². The molecule has 0 fully saturated rings. The molecule has 0 saturated carbocycles. The summed E-state index contributed by atoms with van der Waals surface area (Å²) in [7, 11) is 0. The van der Waals surface area contributed by atoms with Crippen molar-refractivity contribution in [2.24, 2.45) is 5.41 Å². The zero-order valence-corrected chi connectivity index (χ0v) is 13.6. The average Bonchev–Trinajstić information content (AvgIpc) is 2.51. The van der Waals surface area contributed by atoms with E-state index < -0.39 is 0 Å². The Morgan fingerprint density at radius 2 is 1.59 bits per heavy atom. The minimum atomic E-state index is -0.278. The number of benzene rings is 2. The molecule has 22 heavy (non-hydrogen) atoms. The van der Waals surface area contributed by atoms with Gasteiger partial charge in [-0.05, 0) is 23.6 Å². The van der Waals surface area contributed by atoms with E-state index >= 15 is 0 Å². The van der Waals surface area contributed by atoms with E-state index in [-0.39, 0.29) is 11.2 Å². The van der Waals surface area contributed by atoms with Crippen LogP contribution in [0.2, 0.25) is 0 Å². The molecule has 0 saturated heterocycles. The highest BCUT2D eigenvalue weighted by molar-refractivity contribution is 5.83. The molecule has 0 heterocycles. The summed E-state index contributed by atoms with van der Waals surface area (Å²) < 4.78 is 5.93. The van der Waals surface area contributed by atoms with Crippen molar-refractivity contribution in [3.05, 3.63) is 65.7 Å². The number of carbonyl (C=O) groups is 1. The molecule has 0 bridgehead atoms. The van der Waals surface area contributed by atoms with Gasteiger partial charge in [-0.2, -0.15) is 0 Å². The molecule has 0 aromatic heterocycles. The number of para-hydroxylation sites is 1. The molecule has 0 atom stereocenters. The van der Waals surface area contributed by atoms with Crippen molar-refractivity contribution in [1.82, 2.24) is 0 Å². The van der Waals surface area contributed by atoms with Gasteiger partial charge in [0.25, 0.3) is 0 Å². The molecule has 0 amide bonds. The smallest absolute Gasteiger partial charge is 0.138 e. The first-order valence-electron chi connectivity index (χ1n) is 7.75. The molecule has 0 aliphatic rings.